The molecule has 2 N–H and O–H groups in total. The Morgan fingerprint density at radius 3 is 2.88 bits per heavy atom. The number of nitrogens with two attached hydrogens (primary N) is 1. The van der Waals surface area contributed by atoms with Crippen molar-refractivity contribution in [1.82, 2.24) is 9.38 Å². The summed E-state index contributed by atoms with van der Waals surface area (Å²) in [5, 5.41) is 0.564. The Labute approximate surface area is 103 Å². The zero-order valence-electron chi connectivity index (χ0n) is 9.14. The van der Waals surface area contributed by atoms with E-state index in [-0.39, 0.29) is 0 Å². The van der Waals surface area contributed by atoms with Crippen molar-refractivity contribution in [1.29, 1.82) is 0 Å². The fourth-order valence-corrected chi connectivity index (χ4v) is 2.04. The minimum atomic E-state index is 0.528. The lowest BCUT2D eigenvalue weighted by Crippen LogP contribution is -1.93. The maximum Gasteiger partial charge on any atom is 0.158 e. The molecule has 0 saturated carbocycles. The zero-order chi connectivity index (χ0) is 12.0. The molecule has 0 aliphatic rings. The SMILES string of the molecule is Cc1ccoc1-c1nc2c(Cl)cccn2c1N. The van der Waals surface area contributed by atoms with Crippen molar-refractivity contribution in [3.05, 3.63) is 41.2 Å². The Morgan fingerprint density at radius 1 is 1.41 bits per heavy atom. The smallest absolute Gasteiger partial charge is 0.158 e. The third kappa shape index (κ3) is 1.41. The van der Waals surface area contributed by atoms with Gasteiger partial charge in [0.05, 0.1) is 11.3 Å². The second-order valence-corrected chi connectivity index (χ2v) is 4.24. The summed E-state index contributed by atoms with van der Waals surface area (Å²) in [7, 11) is 0. The molecule has 0 spiro atoms. The van der Waals surface area contributed by atoms with E-state index in [4.69, 9.17) is 21.8 Å². The van der Waals surface area contributed by atoms with Crippen LogP contribution in [0.4, 0.5) is 5.82 Å². The standard InChI is InChI=1S/C12H10ClN3O/c1-7-4-6-17-10(7)9-11(14)16-5-2-3-8(13)12(16)15-9/h2-6H,14H2,1H3. The zero-order valence-corrected chi connectivity index (χ0v) is 9.90. The molecule has 0 unspecified atom stereocenters. The number of pyridine rings is 1. The van der Waals surface area contributed by atoms with Gasteiger partial charge in [-0.05, 0) is 30.7 Å². The minimum Gasteiger partial charge on any atom is -0.462 e. The number of furan rings is 1. The number of hydrogen-bond donors (Lipinski definition) is 1. The molecule has 0 atom stereocenters. The Balaban J connectivity index is 2.36. The maximum absolute atomic E-state index is 6.07. The van der Waals surface area contributed by atoms with Crippen molar-refractivity contribution in [2.24, 2.45) is 0 Å². The number of aromatic nitrogens is 2. The van der Waals surface area contributed by atoms with Gasteiger partial charge in [0.25, 0.3) is 0 Å². The average Bonchev–Trinajstić information content (AvgIpc) is 2.85. The van der Waals surface area contributed by atoms with Crippen LogP contribution in [0, 0.1) is 6.92 Å². The van der Waals surface area contributed by atoms with Gasteiger partial charge in [0, 0.05) is 6.20 Å². The third-order valence-corrected chi connectivity index (χ3v) is 3.01. The predicted molar refractivity (Wildman–Crippen MR) is 67.1 cm³/mol. The summed E-state index contributed by atoms with van der Waals surface area (Å²) < 4.78 is 7.15. The predicted octanol–water partition coefficient (Wildman–Crippen LogP) is 3.14. The van der Waals surface area contributed by atoms with E-state index in [0.717, 1.165) is 5.56 Å². The van der Waals surface area contributed by atoms with Crippen molar-refractivity contribution < 1.29 is 4.42 Å². The fraction of sp³-hybridized carbons (Fsp3) is 0.0833. The first kappa shape index (κ1) is 10.2. The number of imidazole rings is 1. The molecule has 3 heterocycles. The molecular formula is C12H10ClN3O. The summed E-state index contributed by atoms with van der Waals surface area (Å²) in [6.45, 7) is 1.95. The molecule has 17 heavy (non-hydrogen) atoms. The van der Waals surface area contributed by atoms with Gasteiger partial charge < -0.3 is 10.2 Å². The highest BCUT2D eigenvalue weighted by molar-refractivity contribution is 6.33. The van der Waals surface area contributed by atoms with Crippen LogP contribution >= 0.6 is 11.6 Å². The van der Waals surface area contributed by atoms with E-state index in [1.54, 1.807) is 16.7 Å². The Bertz CT molecular complexity index is 699. The molecule has 3 aromatic rings. The number of fused-ring (bicyclic) bond motifs is 1. The molecule has 0 aliphatic heterocycles. The van der Waals surface area contributed by atoms with Crippen molar-refractivity contribution in [3.8, 4) is 11.5 Å². The van der Waals surface area contributed by atoms with Gasteiger partial charge in [-0.1, -0.05) is 11.6 Å². The molecule has 0 saturated heterocycles. The number of halogens is 1. The summed E-state index contributed by atoms with van der Waals surface area (Å²) >= 11 is 6.07. The summed E-state index contributed by atoms with van der Waals surface area (Å²) in [4.78, 5) is 4.43. The van der Waals surface area contributed by atoms with Crippen molar-refractivity contribution >= 4 is 23.1 Å². The topological polar surface area (TPSA) is 56.5 Å². The van der Waals surface area contributed by atoms with E-state index in [9.17, 15) is 0 Å². The van der Waals surface area contributed by atoms with Crippen LogP contribution in [0.25, 0.3) is 17.1 Å². The first-order valence-corrected chi connectivity index (χ1v) is 5.53. The van der Waals surface area contributed by atoms with Crippen LogP contribution in [0.3, 0.4) is 0 Å². The minimum absolute atomic E-state index is 0.528. The van der Waals surface area contributed by atoms with E-state index >= 15 is 0 Å². The van der Waals surface area contributed by atoms with Crippen molar-refractivity contribution in [2.45, 2.75) is 6.92 Å². The lowest BCUT2D eigenvalue weighted by atomic mass is 10.2. The van der Waals surface area contributed by atoms with Gasteiger partial charge in [-0.3, -0.25) is 4.40 Å². The van der Waals surface area contributed by atoms with Gasteiger partial charge in [-0.2, -0.15) is 0 Å². The van der Waals surface area contributed by atoms with E-state index in [0.29, 0.717) is 27.9 Å². The third-order valence-electron chi connectivity index (χ3n) is 2.72. The number of nitrogen functional groups attached to an aromatic ring is 1. The highest BCUT2D eigenvalue weighted by Crippen LogP contribution is 2.31. The molecule has 0 bridgehead atoms. The molecule has 0 aliphatic carbocycles. The number of hydrogen-bond acceptors (Lipinski definition) is 3. The second kappa shape index (κ2) is 3.53. The van der Waals surface area contributed by atoms with Crippen LogP contribution in [0.15, 0.2) is 35.1 Å². The second-order valence-electron chi connectivity index (χ2n) is 3.83. The molecule has 0 fully saturated rings. The fourth-order valence-electron chi connectivity index (χ4n) is 1.84. The Hall–Kier alpha value is -1.94. The van der Waals surface area contributed by atoms with Crippen LogP contribution in [0.2, 0.25) is 5.02 Å². The summed E-state index contributed by atoms with van der Waals surface area (Å²) in [5.41, 5.74) is 8.31. The van der Waals surface area contributed by atoms with Crippen LogP contribution in [0.5, 0.6) is 0 Å². The van der Waals surface area contributed by atoms with Gasteiger partial charge in [0.2, 0.25) is 0 Å². The van der Waals surface area contributed by atoms with Gasteiger partial charge in [0.1, 0.15) is 11.5 Å². The monoisotopic (exact) mass is 247 g/mol. The average molecular weight is 248 g/mol. The Kier molecular flexibility index (Phi) is 2.12. The normalized spacial score (nSPS) is 11.2. The summed E-state index contributed by atoms with van der Waals surface area (Å²) in [6, 6.07) is 5.48. The molecule has 86 valence electrons. The maximum atomic E-state index is 6.07. The molecular weight excluding hydrogens is 238 g/mol. The number of rotatable bonds is 1. The molecule has 5 heteroatoms. The van der Waals surface area contributed by atoms with Crippen molar-refractivity contribution in [2.75, 3.05) is 5.73 Å². The first-order chi connectivity index (χ1) is 8.18. The molecule has 0 aromatic carbocycles. The number of anilines is 1. The molecule has 0 radical (unpaired) electrons. The number of nitrogens with zero attached hydrogens (tertiary/aromatic N) is 2. The Morgan fingerprint density at radius 2 is 2.24 bits per heavy atom. The summed E-state index contributed by atoms with van der Waals surface area (Å²) in [5.74, 6) is 1.21. The van der Waals surface area contributed by atoms with E-state index in [2.05, 4.69) is 4.98 Å². The van der Waals surface area contributed by atoms with Gasteiger partial charge in [0.15, 0.2) is 11.4 Å². The lowest BCUT2D eigenvalue weighted by molar-refractivity contribution is 0.579. The van der Waals surface area contributed by atoms with E-state index < -0.39 is 0 Å². The first-order valence-electron chi connectivity index (χ1n) is 5.15. The van der Waals surface area contributed by atoms with E-state index in [1.165, 1.54) is 0 Å². The molecule has 4 nitrogen and oxygen atoms in total. The van der Waals surface area contributed by atoms with Crippen LogP contribution in [-0.4, -0.2) is 9.38 Å². The van der Waals surface area contributed by atoms with Crippen LogP contribution in [-0.2, 0) is 0 Å². The number of aryl methyl sites for hydroxylation is 1. The lowest BCUT2D eigenvalue weighted by Gasteiger charge is -1.97. The van der Waals surface area contributed by atoms with Crippen LogP contribution < -0.4 is 5.73 Å². The quantitative estimate of drug-likeness (QED) is 0.719. The molecule has 3 aromatic heterocycles. The largest absolute Gasteiger partial charge is 0.462 e. The van der Waals surface area contributed by atoms with Gasteiger partial charge >= 0.3 is 0 Å². The van der Waals surface area contributed by atoms with E-state index in [1.807, 2.05) is 25.3 Å². The molecule has 0 amide bonds. The summed E-state index contributed by atoms with van der Waals surface area (Å²) in [6.07, 6.45) is 3.45. The van der Waals surface area contributed by atoms with Gasteiger partial charge in [-0.25, -0.2) is 4.98 Å². The van der Waals surface area contributed by atoms with Gasteiger partial charge in [-0.15, -0.1) is 0 Å². The highest BCUT2D eigenvalue weighted by atomic mass is 35.5. The van der Waals surface area contributed by atoms with Crippen LogP contribution in [0.1, 0.15) is 5.56 Å². The van der Waals surface area contributed by atoms with Crippen molar-refractivity contribution in [3.63, 3.8) is 0 Å². The molecule has 3 rings (SSSR count). The highest BCUT2D eigenvalue weighted by Gasteiger charge is 2.16.